The standard InChI is InChI=1S/C8H11BrFNO3/c9-4-6(12)8(10)2-1-3-11(5-8)7(13)14/h1-5H2,(H,13,14). The highest BCUT2D eigenvalue weighted by Crippen LogP contribution is 2.27. The summed E-state index contributed by atoms with van der Waals surface area (Å²) in [5.41, 5.74) is -2.00. The number of carbonyl (C=O) groups is 2. The third-order valence-electron chi connectivity index (χ3n) is 2.33. The lowest BCUT2D eigenvalue weighted by atomic mass is 9.91. The normalized spacial score (nSPS) is 27.4. The summed E-state index contributed by atoms with van der Waals surface area (Å²) in [5.74, 6) is -0.580. The van der Waals surface area contributed by atoms with Crippen molar-refractivity contribution in [1.29, 1.82) is 0 Å². The maximum absolute atomic E-state index is 13.9. The topological polar surface area (TPSA) is 57.6 Å². The monoisotopic (exact) mass is 267 g/mol. The van der Waals surface area contributed by atoms with Crippen molar-refractivity contribution in [3.63, 3.8) is 0 Å². The van der Waals surface area contributed by atoms with E-state index in [0.29, 0.717) is 13.0 Å². The predicted octanol–water partition coefficient (Wildman–Crippen LogP) is 1.43. The summed E-state index contributed by atoms with van der Waals surface area (Å²) in [4.78, 5) is 22.8. The average molecular weight is 268 g/mol. The van der Waals surface area contributed by atoms with Crippen LogP contribution in [0.1, 0.15) is 12.8 Å². The molecule has 14 heavy (non-hydrogen) atoms. The zero-order valence-electron chi connectivity index (χ0n) is 7.50. The lowest BCUT2D eigenvalue weighted by molar-refractivity contribution is -0.130. The van der Waals surface area contributed by atoms with Crippen LogP contribution in [0.3, 0.4) is 0 Å². The molecule has 1 fully saturated rings. The maximum Gasteiger partial charge on any atom is 0.407 e. The van der Waals surface area contributed by atoms with Gasteiger partial charge in [-0.05, 0) is 12.8 Å². The quantitative estimate of drug-likeness (QED) is 0.771. The molecule has 6 heteroatoms. The van der Waals surface area contributed by atoms with E-state index < -0.39 is 17.5 Å². The molecule has 1 amide bonds. The molecule has 0 radical (unpaired) electrons. The third-order valence-corrected chi connectivity index (χ3v) is 2.84. The van der Waals surface area contributed by atoms with Crippen molar-refractivity contribution in [2.45, 2.75) is 18.5 Å². The molecule has 0 spiro atoms. The molecule has 1 unspecified atom stereocenters. The molecular formula is C8H11BrFNO3. The number of hydrogen-bond donors (Lipinski definition) is 1. The predicted molar refractivity (Wildman–Crippen MR) is 51.5 cm³/mol. The van der Waals surface area contributed by atoms with E-state index in [2.05, 4.69) is 15.9 Å². The summed E-state index contributed by atoms with van der Waals surface area (Å²) in [6.45, 7) is -0.0384. The van der Waals surface area contributed by atoms with Crippen LogP contribution in [0.5, 0.6) is 0 Å². The van der Waals surface area contributed by atoms with Gasteiger partial charge in [0.05, 0.1) is 11.9 Å². The van der Waals surface area contributed by atoms with Gasteiger partial charge in [0.25, 0.3) is 0 Å². The minimum Gasteiger partial charge on any atom is -0.465 e. The first-order valence-corrected chi connectivity index (χ1v) is 5.38. The maximum atomic E-state index is 13.9. The number of amides is 1. The fraction of sp³-hybridized carbons (Fsp3) is 0.750. The van der Waals surface area contributed by atoms with Gasteiger partial charge >= 0.3 is 6.09 Å². The Morgan fingerprint density at radius 3 is 2.71 bits per heavy atom. The fourth-order valence-electron chi connectivity index (χ4n) is 1.52. The van der Waals surface area contributed by atoms with Crippen LogP contribution in [0, 0.1) is 0 Å². The molecule has 0 bridgehead atoms. The molecule has 1 aliphatic rings. The van der Waals surface area contributed by atoms with Crippen molar-refractivity contribution in [3.05, 3.63) is 0 Å². The van der Waals surface area contributed by atoms with Gasteiger partial charge in [-0.25, -0.2) is 9.18 Å². The number of halogens is 2. The number of likely N-dealkylation sites (tertiary alicyclic amines) is 1. The highest BCUT2D eigenvalue weighted by molar-refractivity contribution is 9.09. The Morgan fingerprint density at radius 2 is 2.21 bits per heavy atom. The van der Waals surface area contributed by atoms with Crippen molar-refractivity contribution >= 4 is 27.8 Å². The number of hydrogen-bond acceptors (Lipinski definition) is 2. The molecule has 1 saturated heterocycles. The number of nitrogens with zero attached hydrogens (tertiary/aromatic N) is 1. The van der Waals surface area contributed by atoms with Crippen molar-refractivity contribution < 1.29 is 19.1 Å². The van der Waals surface area contributed by atoms with Gasteiger partial charge in [-0.1, -0.05) is 15.9 Å². The molecule has 0 aliphatic carbocycles. The number of carbonyl (C=O) groups excluding carboxylic acids is 1. The summed E-state index contributed by atoms with van der Waals surface area (Å²) in [5, 5.41) is 8.59. The molecule has 1 heterocycles. The van der Waals surface area contributed by atoms with E-state index in [-0.39, 0.29) is 18.3 Å². The second-order valence-corrected chi connectivity index (χ2v) is 3.89. The first-order chi connectivity index (χ1) is 6.49. The Balaban J connectivity index is 2.71. The summed E-state index contributed by atoms with van der Waals surface area (Å²) < 4.78 is 13.9. The highest BCUT2D eigenvalue weighted by atomic mass is 79.9. The molecule has 0 aromatic heterocycles. The van der Waals surface area contributed by atoms with Gasteiger partial charge in [0.2, 0.25) is 0 Å². The molecule has 0 aromatic rings. The van der Waals surface area contributed by atoms with Crippen molar-refractivity contribution in [3.8, 4) is 0 Å². The summed E-state index contributed by atoms with van der Waals surface area (Å²) in [6, 6.07) is 0. The zero-order valence-corrected chi connectivity index (χ0v) is 9.09. The molecule has 0 aromatic carbocycles. The molecule has 1 N–H and O–H groups in total. The van der Waals surface area contributed by atoms with E-state index in [4.69, 9.17) is 5.11 Å². The number of alkyl halides is 2. The van der Waals surface area contributed by atoms with Gasteiger partial charge < -0.3 is 10.0 Å². The van der Waals surface area contributed by atoms with Crippen molar-refractivity contribution in [2.24, 2.45) is 0 Å². The van der Waals surface area contributed by atoms with Crippen LogP contribution in [0.15, 0.2) is 0 Å². The van der Waals surface area contributed by atoms with Gasteiger partial charge in [-0.3, -0.25) is 4.79 Å². The highest BCUT2D eigenvalue weighted by Gasteiger charge is 2.42. The number of Topliss-reactive ketones (excluding diaryl/α,β-unsaturated/α-hetero) is 1. The molecule has 0 saturated carbocycles. The molecular weight excluding hydrogens is 257 g/mol. The van der Waals surface area contributed by atoms with Gasteiger partial charge in [0.15, 0.2) is 11.5 Å². The van der Waals surface area contributed by atoms with Crippen molar-refractivity contribution in [2.75, 3.05) is 18.4 Å². The van der Waals surface area contributed by atoms with Crippen LogP contribution in [0.4, 0.5) is 9.18 Å². The first-order valence-electron chi connectivity index (χ1n) is 4.25. The summed E-state index contributed by atoms with van der Waals surface area (Å²) in [6.07, 6.45) is -0.669. The van der Waals surface area contributed by atoms with Crippen LogP contribution >= 0.6 is 15.9 Å². The largest absolute Gasteiger partial charge is 0.465 e. The summed E-state index contributed by atoms with van der Waals surface area (Å²) >= 11 is 2.89. The second kappa shape index (κ2) is 4.25. The second-order valence-electron chi connectivity index (χ2n) is 3.33. The van der Waals surface area contributed by atoms with E-state index >= 15 is 0 Å². The van der Waals surface area contributed by atoms with Crippen LogP contribution in [0.2, 0.25) is 0 Å². The van der Waals surface area contributed by atoms with Crippen LogP contribution in [-0.4, -0.2) is 46.0 Å². The van der Waals surface area contributed by atoms with Gasteiger partial charge in [0.1, 0.15) is 0 Å². The van der Waals surface area contributed by atoms with E-state index in [0.717, 1.165) is 4.90 Å². The molecule has 1 rings (SSSR count). The van der Waals surface area contributed by atoms with Crippen molar-refractivity contribution in [1.82, 2.24) is 4.90 Å². The number of ketones is 1. The lowest BCUT2D eigenvalue weighted by Gasteiger charge is -2.34. The van der Waals surface area contributed by atoms with Gasteiger partial charge in [-0.15, -0.1) is 0 Å². The Kier molecular flexibility index (Phi) is 3.47. The van der Waals surface area contributed by atoms with E-state index in [1.54, 1.807) is 0 Å². The van der Waals surface area contributed by atoms with E-state index in [9.17, 15) is 14.0 Å². The van der Waals surface area contributed by atoms with Crippen LogP contribution < -0.4 is 0 Å². The molecule has 4 nitrogen and oxygen atoms in total. The van der Waals surface area contributed by atoms with Gasteiger partial charge in [0, 0.05) is 6.54 Å². The number of rotatable bonds is 2. The number of carboxylic acid groups (broad SMARTS) is 1. The molecule has 1 aliphatic heterocycles. The smallest absolute Gasteiger partial charge is 0.407 e. The Labute approximate surface area is 89.2 Å². The average Bonchev–Trinajstić information content (AvgIpc) is 2.16. The van der Waals surface area contributed by atoms with Crippen LogP contribution in [-0.2, 0) is 4.79 Å². The fourth-order valence-corrected chi connectivity index (χ4v) is 2.02. The zero-order chi connectivity index (χ0) is 10.8. The molecule has 80 valence electrons. The summed E-state index contributed by atoms with van der Waals surface area (Å²) in [7, 11) is 0. The lowest BCUT2D eigenvalue weighted by Crippen LogP contribution is -2.52. The number of piperidine rings is 1. The SMILES string of the molecule is O=C(O)N1CCCC(F)(C(=O)CBr)C1. The van der Waals surface area contributed by atoms with E-state index in [1.165, 1.54) is 0 Å². The molecule has 1 atom stereocenters. The Bertz CT molecular complexity index is 261. The Morgan fingerprint density at radius 1 is 1.57 bits per heavy atom. The minimum absolute atomic E-state index is 0.0725. The first kappa shape index (κ1) is 11.4. The third kappa shape index (κ3) is 2.23. The van der Waals surface area contributed by atoms with Crippen LogP contribution in [0.25, 0.3) is 0 Å². The van der Waals surface area contributed by atoms with Gasteiger partial charge in [-0.2, -0.15) is 0 Å². The minimum atomic E-state index is -2.00. The Hall–Kier alpha value is -0.650. The van der Waals surface area contributed by atoms with E-state index in [1.807, 2.05) is 0 Å².